The number of nitrogens with one attached hydrogen (secondary N) is 1. The zero-order chi connectivity index (χ0) is 16.0. The SMILES string of the molecule is CC(CCN(C)C)Nc1ccc([N+](=O)[O-])c(OC(C)C)c1. The molecule has 1 rings (SSSR count). The molecule has 1 N–H and O–H groups in total. The zero-order valence-electron chi connectivity index (χ0n) is 13.4. The van der Waals surface area contributed by atoms with Crippen LogP contribution in [-0.2, 0) is 0 Å². The van der Waals surface area contributed by atoms with Crippen molar-refractivity contribution in [3.8, 4) is 5.75 Å². The van der Waals surface area contributed by atoms with Gasteiger partial charge in [-0.2, -0.15) is 0 Å². The molecule has 0 bridgehead atoms. The summed E-state index contributed by atoms with van der Waals surface area (Å²) in [6.45, 7) is 6.78. The highest BCUT2D eigenvalue weighted by Crippen LogP contribution is 2.31. The Balaban J connectivity index is 2.82. The van der Waals surface area contributed by atoms with E-state index in [1.54, 1.807) is 12.1 Å². The third kappa shape index (κ3) is 5.99. The van der Waals surface area contributed by atoms with Crippen molar-refractivity contribution in [3.63, 3.8) is 0 Å². The summed E-state index contributed by atoms with van der Waals surface area (Å²) in [5.41, 5.74) is 0.831. The van der Waals surface area contributed by atoms with Crippen molar-refractivity contribution >= 4 is 11.4 Å². The predicted octanol–water partition coefficient (Wildman–Crippen LogP) is 3.13. The van der Waals surface area contributed by atoms with E-state index in [0.29, 0.717) is 5.75 Å². The van der Waals surface area contributed by atoms with E-state index in [0.717, 1.165) is 18.7 Å². The van der Waals surface area contributed by atoms with Crippen LogP contribution in [0.25, 0.3) is 0 Å². The molecule has 6 nitrogen and oxygen atoms in total. The minimum absolute atomic E-state index is 0.00445. The van der Waals surface area contributed by atoms with E-state index >= 15 is 0 Å². The molecule has 21 heavy (non-hydrogen) atoms. The minimum Gasteiger partial charge on any atom is -0.484 e. The van der Waals surface area contributed by atoms with E-state index in [4.69, 9.17) is 4.74 Å². The van der Waals surface area contributed by atoms with Crippen LogP contribution in [0, 0.1) is 10.1 Å². The molecule has 1 unspecified atom stereocenters. The lowest BCUT2D eigenvalue weighted by molar-refractivity contribution is -0.386. The fourth-order valence-corrected chi connectivity index (χ4v) is 1.91. The first-order valence-electron chi connectivity index (χ1n) is 7.16. The summed E-state index contributed by atoms with van der Waals surface area (Å²) in [5.74, 6) is 0.305. The maximum atomic E-state index is 11.0. The normalized spacial score (nSPS) is 12.5. The van der Waals surface area contributed by atoms with E-state index in [-0.39, 0.29) is 17.8 Å². The van der Waals surface area contributed by atoms with E-state index in [9.17, 15) is 10.1 Å². The van der Waals surface area contributed by atoms with Crippen molar-refractivity contribution in [2.24, 2.45) is 0 Å². The number of hydrogen-bond donors (Lipinski definition) is 1. The lowest BCUT2D eigenvalue weighted by Crippen LogP contribution is -2.23. The molecule has 0 radical (unpaired) electrons. The molecular weight excluding hydrogens is 270 g/mol. The number of rotatable bonds is 8. The van der Waals surface area contributed by atoms with E-state index in [1.165, 1.54) is 6.07 Å². The van der Waals surface area contributed by atoms with Crippen molar-refractivity contribution in [2.75, 3.05) is 26.0 Å². The average Bonchev–Trinajstić information content (AvgIpc) is 2.35. The summed E-state index contributed by atoms with van der Waals surface area (Å²) in [7, 11) is 4.07. The van der Waals surface area contributed by atoms with Gasteiger partial charge >= 0.3 is 5.69 Å². The molecule has 0 saturated carbocycles. The van der Waals surface area contributed by atoms with Gasteiger partial charge in [0.2, 0.25) is 0 Å². The second-order valence-electron chi connectivity index (χ2n) is 5.74. The zero-order valence-corrected chi connectivity index (χ0v) is 13.4. The summed E-state index contributed by atoms with van der Waals surface area (Å²) in [5, 5.41) is 14.4. The Kier molecular flexibility index (Phi) is 6.42. The highest BCUT2D eigenvalue weighted by atomic mass is 16.6. The van der Waals surface area contributed by atoms with Crippen molar-refractivity contribution in [2.45, 2.75) is 39.3 Å². The van der Waals surface area contributed by atoms with E-state index in [2.05, 4.69) is 17.1 Å². The van der Waals surface area contributed by atoms with Crippen molar-refractivity contribution in [3.05, 3.63) is 28.3 Å². The van der Waals surface area contributed by atoms with Gasteiger partial charge in [-0.1, -0.05) is 0 Å². The molecule has 1 aromatic carbocycles. The molecular formula is C15H25N3O3. The first-order valence-corrected chi connectivity index (χ1v) is 7.16. The number of ether oxygens (including phenoxy) is 1. The monoisotopic (exact) mass is 295 g/mol. The van der Waals surface area contributed by atoms with Crippen LogP contribution in [0.2, 0.25) is 0 Å². The molecule has 0 saturated heterocycles. The average molecular weight is 295 g/mol. The predicted molar refractivity (Wildman–Crippen MR) is 85.1 cm³/mol. The topological polar surface area (TPSA) is 67.6 Å². The maximum Gasteiger partial charge on any atom is 0.311 e. The van der Waals surface area contributed by atoms with Crippen LogP contribution >= 0.6 is 0 Å². The number of benzene rings is 1. The van der Waals surface area contributed by atoms with Crippen LogP contribution in [-0.4, -0.2) is 42.6 Å². The first-order chi connectivity index (χ1) is 9.79. The Morgan fingerprint density at radius 1 is 1.33 bits per heavy atom. The van der Waals surface area contributed by atoms with Crippen LogP contribution in [0.15, 0.2) is 18.2 Å². The van der Waals surface area contributed by atoms with Crippen LogP contribution in [0.4, 0.5) is 11.4 Å². The summed E-state index contributed by atoms with van der Waals surface area (Å²) in [6.07, 6.45) is 0.884. The van der Waals surface area contributed by atoms with Gasteiger partial charge in [-0.3, -0.25) is 10.1 Å². The minimum atomic E-state index is -0.420. The molecule has 1 aromatic rings. The van der Waals surface area contributed by atoms with Crippen LogP contribution in [0.3, 0.4) is 0 Å². The van der Waals surface area contributed by atoms with Gasteiger partial charge in [-0.15, -0.1) is 0 Å². The van der Waals surface area contributed by atoms with Gasteiger partial charge < -0.3 is 15.0 Å². The van der Waals surface area contributed by atoms with Crippen molar-refractivity contribution in [1.29, 1.82) is 0 Å². The molecule has 0 amide bonds. The smallest absolute Gasteiger partial charge is 0.311 e. The quantitative estimate of drug-likeness (QED) is 0.589. The third-order valence-corrected chi connectivity index (χ3v) is 2.94. The van der Waals surface area contributed by atoms with Gasteiger partial charge in [0.15, 0.2) is 5.75 Å². The van der Waals surface area contributed by atoms with Gasteiger partial charge in [-0.25, -0.2) is 0 Å². The lowest BCUT2D eigenvalue weighted by Gasteiger charge is -2.18. The number of nitro groups is 1. The Morgan fingerprint density at radius 3 is 2.52 bits per heavy atom. The van der Waals surface area contributed by atoms with Gasteiger partial charge in [0.25, 0.3) is 0 Å². The molecule has 0 aliphatic rings. The molecule has 118 valence electrons. The molecule has 0 aliphatic heterocycles. The molecule has 6 heteroatoms. The van der Waals surface area contributed by atoms with E-state index < -0.39 is 4.92 Å². The Morgan fingerprint density at radius 2 is 2.00 bits per heavy atom. The first kappa shape index (κ1) is 17.2. The summed E-state index contributed by atoms with van der Waals surface area (Å²) in [4.78, 5) is 12.7. The molecule has 0 fully saturated rings. The Bertz CT molecular complexity index is 475. The second kappa shape index (κ2) is 7.83. The van der Waals surface area contributed by atoms with Gasteiger partial charge in [0, 0.05) is 23.9 Å². The number of nitro benzene ring substituents is 1. The number of nitrogens with zero attached hydrogens (tertiary/aromatic N) is 2. The Hall–Kier alpha value is -1.82. The highest BCUT2D eigenvalue weighted by molar-refractivity contribution is 5.58. The van der Waals surface area contributed by atoms with E-state index in [1.807, 2.05) is 27.9 Å². The van der Waals surface area contributed by atoms with Crippen molar-refractivity contribution in [1.82, 2.24) is 4.90 Å². The fourth-order valence-electron chi connectivity index (χ4n) is 1.91. The summed E-state index contributed by atoms with van der Waals surface area (Å²) >= 11 is 0. The highest BCUT2D eigenvalue weighted by Gasteiger charge is 2.17. The van der Waals surface area contributed by atoms with Gasteiger partial charge in [0.1, 0.15) is 0 Å². The molecule has 1 atom stereocenters. The molecule has 0 heterocycles. The van der Waals surface area contributed by atoms with Gasteiger partial charge in [0.05, 0.1) is 11.0 Å². The summed E-state index contributed by atoms with van der Waals surface area (Å²) in [6, 6.07) is 5.18. The second-order valence-corrected chi connectivity index (χ2v) is 5.74. The van der Waals surface area contributed by atoms with Gasteiger partial charge in [-0.05, 0) is 53.9 Å². The molecule has 0 spiro atoms. The lowest BCUT2D eigenvalue weighted by atomic mass is 10.2. The fraction of sp³-hybridized carbons (Fsp3) is 0.600. The summed E-state index contributed by atoms with van der Waals surface area (Å²) < 4.78 is 5.54. The molecule has 0 aliphatic carbocycles. The van der Waals surface area contributed by atoms with Crippen molar-refractivity contribution < 1.29 is 9.66 Å². The largest absolute Gasteiger partial charge is 0.484 e. The number of hydrogen-bond acceptors (Lipinski definition) is 5. The molecule has 0 aromatic heterocycles. The Labute approximate surface area is 126 Å². The van der Waals surface area contributed by atoms with Crippen LogP contribution < -0.4 is 10.1 Å². The standard InChI is InChI=1S/C15H25N3O3/c1-11(2)21-15-10-13(6-7-14(15)18(19)20)16-12(3)8-9-17(4)5/h6-7,10-12,16H,8-9H2,1-5H3. The van der Waals surface area contributed by atoms with Crippen LogP contribution in [0.1, 0.15) is 27.2 Å². The number of anilines is 1. The maximum absolute atomic E-state index is 11.0. The van der Waals surface area contributed by atoms with Crippen LogP contribution in [0.5, 0.6) is 5.75 Å². The third-order valence-electron chi connectivity index (χ3n) is 2.94.